The van der Waals surface area contributed by atoms with Gasteiger partial charge in [-0.05, 0) is 19.3 Å². The highest BCUT2D eigenvalue weighted by molar-refractivity contribution is 5.66. The highest BCUT2D eigenvalue weighted by Gasteiger charge is 2.16. The first-order chi connectivity index (χ1) is 8.47. The minimum atomic E-state index is 0.363. The van der Waals surface area contributed by atoms with E-state index in [-0.39, 0.29) is 0 Å². The number of nitrogens with two attached hydrogens (primary N) is 1. The van der Waals surface area contributed by atoms with Crippen molar-refractivity contribution in [1.29, 1.82) is 0 Å². The van der Waals surface area contributed by atoms with Gasteiger partial charge in [0.2, 0.25) is 0 Å². The second-order valence-corrected chi connectivity index (χ2v) is 5.47. The van der Waals surface area contributed by atoms with Crippen LogP contribution >= 0.6 is 0 Å². The van der Waals surface area contributed by atoms with Crippen LogP contribution in [0.3, 0.4) is 0 Å². The van der Waals surface area contributed by atoms with Gasteiger partial charge in [-0.2, -0.15) is 5.10 Å². The Bertz CT molecular complexity index is 368. The van der Waals surface area contributed by atoms with Crippen molar-refractivity contribution in [1.82, 2.24) is 9.78 Å². The molecule has 0 saturated carbocycles. The SMILES string of the molecule is CCCCCC(C)Nc1c(N)c(C(C)C)nn1C. The molecular weight excluding hydrogens is 224 g/mol. The molecule has 0 fully saturated rings. The lowest BCUT2D eigenvalue weighted by molar-refractivity contribution is 0.608. The van der Waals surface area contributed by atoms with Crippen molar-refractivity contribution in [2.45, 2.75) is 65.3 Å². The topological polar surface area (TPSA) is 55.9 Å². The number of aryl methyl sites for hydroxylation is 1. The van der Waals surface area contributed by atoms with Crippen LogP contribution in [-0.2, 0) is 7.05 Å². The lowest BCUT2D eigenvalue weighted by atomic mass is 10.1. The fraction of sp³-hybridized carbons (Fsp3) is 0.786. The Hall–Kier alpha value is -1.19. The van der Waals surface area contributed by atoms with Gasteiger partial charge < -0.3 is 11.1 Å². The van der Waals surface area contributed by atoms with E-state index in [1.54, 1.807) is 0 Å². The summed E-state index contributed by atoms with van der Waals surface area (Å²) < 4.78 is 1.86. The summed E-state index contributed by atoms with van der Waals surface area (Å²) in [4.78, 5) is 0. The van der Waals surface area contributed by atoms with Crippen LogP contribution in [-0.4, -0.2) is 15.8 Å². The van der Waals surface area contributed by atoms with E-state index in [2.05, 4.69) is 38.1 Å². The van der Waals surface area contributed by atoms with Gasteiger partial charge in [0.1, 0.15) is 5.82 Å². The molecule has 3 N–H and O–H groups in total. The Balaban J connectivity index is 2.66. The van der Waals surface area contributed by atoms with Crippen LogP contribution in [0.1, 0.15) is 65.0 Å². The van der Waals surface area contributed by atoms with Crippen LogP contribution in [0.25, 0.3) is 0 Å². The summed E-state index contributed by atoms with van der Waals surface area (Å²) in [5.41, 5.74) is 7.95. The molecule has 4 nitrogen and oxygen atoms in total. The van der Waals surface area contributed by atoms with Crippen molar-refractivity contribution in [3.05, 3.63) is 5.69 Å². The molecule has 0 bridgehead atoms. The second kappa shape index (κ2) is 6.66. The highest BCUT2D eigenvalue weighted by Crippen LogP contribution is 2.28. The lowest BCUT2D eigenvalue weighted by Gasteiger charge is -2.15. The first-order valence-electron chi connectivity index (χ1n) is 7.06. The van der Waals surface area contributed by atoms with Gasteiger partial charge in [0.25, 0.3) is 0 Å². The van der Waals surface area contributed by atoms with E-state index in [0.717, 1.165) is 17.2 Å². The lowest BCUT2D eigenvalue weighted by Crippen LogP contribution is -2.18. The second-order valence-electron chi connectivity index (χ2n) is 5.47. The Morgan fingerprint density at radius 1 is 1.28 bits per heavy atom. The molecule has 18 heavy (non-hydrogen) atoms. The van der Waals surface area contributed by atoms with Crippen LogP contribution in [0, 0.1) is 0 Å². The van der Waals surface area contributed by atoms with Gasteiger partial charge in [0, 0.05) is 13.1 Å². The summed E-state index contributed by atoms with van der Waals surface area (Å²) >= 11 is 0. The van der Waals surface area contributed by atoms with Gasteiger partial charge in [-0.25, -0.2) is 0 Å². The normalized spacial score (nSPS) is 13.0. The number of nitrogens with zero attached hydrogens (tertiary/aromatic N) is 2. The van der Waals surface area contributed by atoms with E-state index < -0.39 is 0 Å². The molecule has 4 heteroatoms. The summed E-state index contributed by atoms with van der Waals surface area (Å²) in [6.45, 7) is 8.67. The Kier molecular flexibility index (Phi) is 5.51. The van der Waals surface area contributed by atoms with E-state index in [1.807, 2.05) is 11.7 Å². The van der Waals surface area contributed by atoms with Gasteiger partial charge in [-0.3, -0.25) is 4.68 Å². The first kappa shape index (κ1) is 14.9. The smallest absolute Gasteiger partial charge is 0.147 e. The molecule has 104 valence electrons. The number of aromatic nitrogens is 2. The molecule has 0 aliphatic rings. The van der Waals surface area contributed by atoms with Crippen molar-refractivity contribution in [2.75, 3.05) is 11.1 Å². The fourth-order valence-corrected chi connectivity index (χ4v) is 2.16. The summed E-state index contributed by atoms with van der Waals surface area (Å²) in [6, 6.07) is 0.439. The van der Waals surface area contributed by atoms with Crippen molar-refractivity contribution >= 4 is 11.5 Å². The molecule has 1 aromatic heterocycles. The molecule has 0 aliphatic heterocycles. The molecule has 1 rings (SSSR count). The highest BCUT2D eigenvalue weighted by atomic mass is 15.3. The van der Waals surface area contributed by atoms with Crippen molar-refractivity contribution in [2.24, 2.45) is 7.05 Å². The van der Waals surface area contributed by atoms with E-state index in [1.165, 1.54) is 25.7 Å². The molecule has 1 aromatic rings. The van der Waals surface area contributed by atoms with Crippen molar-refractivity contribution in [3.63, 3.8) is 0 Å². The summed E-state index contributed by atoms with van der Waals surface area (Å²) in [5, 5.41) is 7.98. The molecule has 1 heterocycles. The van der Waals surface area contributed by atoms with E-state index >= 15 is 0 Å². The number of nitrogen functional groups attached to an aromatic ring is 1. The molecule has 0 radical (unpaired) electrons. The molecule has 1 unspecified atom stereocenters. The monoisotopic (exact) mass is 252 g/mol. The zero-order valence-corrected chi connectivity index (χ0v) is 12.5. The predicted molar refractivity (Wildman–Crippen MR) is 78.9 cm³/mol. The van der Waals surface area contributed by atoms with E-state index in [0.29, 0.717) is 12.0 Å². The Labute approximate surface area is 111 Å². The van der Waals surface area contributed by atoms with Crippen LogP contribution in [0.2, 0.25) is 0 Å². The largest absolute Gasteiger partial charge is 0.394 e. The summed E-state index contributed by atoms with van der Waals surface area (Å²) in [5.74, 6) is 1.32. The molecule has 0 saturated heterocycles. The third-order valence-corrected chi connectivity index (χ3v) is 3.28. The van der Waals surface area contributed by atoms with Gasteiger partial charge in [0.05, 0.1) is 11.4 Å². The average molecular weight is 252 g/mol. The van der Waals surface area contributed by atoms with Crippen molar-refractivity contribution in [3.8, 4) is 0 Å². The van der Waals surface area contributed by atoms with Crippen molar-refractivity contribution < 1.29 is 0 Å². The van der Waals surface area contributed by atoms with E-state index in [4.69, 9.17) is 5.73 Å². The number of anilines is 2. The minimum Gasteiger partial charge on any atom is -0.394 e. The Morgan fingerprint density at radius 3 is 2.44 bits per heavy atom. The van der Waals surface area contributed by atoms with Crippen LogP contribution in [0.5, 0.6) is 0 Å². The maximum absolute atomic E-state index is 6.16. The van der Waals surface area contributed by atoms with Crippen LogP contribution in [0.4, 0.5) is 11.5 Å². The minimum absolute atomic E-state index is 0.363. The number of unbranched alkanes of at least 4 members (excludes halogenated alkanes) is 2. The first-order valence-corrected chi connectivity index (χ1v) is 7.06. The third-order valence-electron chi connectivity index (χ3n) is 3.28. The third kappa shape index (κ3) is 3.65. The average Bonchev–Trinajstić information content (AvgIpc) is 2.57. The molecular formula is C14H28N4. The number of hydrogen-bond donors (Lipinski definition) is 2. The summed E-state index contributed by atoms with van der Waals surface area (Å²) in [6.07, 6.45) is 5.00. The summed E-state index contributed by atoms with van der Waals surface area (Å²) in [7, 11) is 1.95. The van der Waals surface area contributed by atoms with Crippen LogP contribution in [0.15, 0.2) is 0 Å². The number of rotatable bonds is 7. The quantitative estimate of drug-likeness (QED) is 0.730. The van der Waals surface area contributed by atoms with Gasteiger partial charge >= 0.3 is 0 Å². The maximum Gasteiger partial charge on any atom is 0.147 e. The maximum atomic E-state index is 6.16. The number of nitrogens with one attached hydrogen (secondary N) is 1. The van der Waals surface area contributed by atoms with E-state index in [9.17, 15) is 0 Å². The predicted octanol–water partition coefficient (Wildman–Crippen LogP) is 3.51. The fourth-order valence-electron chi connectivity index (χ4n) is 2.16. The number of hydrogen-bond acceptors (Lipinski definition) is 3. The van der Waals surface area contributed by atoms with Gasteiger partial charge in [-0.15, -0.1) is 0 Å². The van der Waals surface area contributed by atoms with Gasteiger partial charge in [0.15, 0.2) is 0 Å². The zero-order chi connectivity index (χ0) is 13.7. The Morgan fingerprint density at radius 2 is 1.94 bits per heavy atom. The standard InChI is InChI=1S/C14H28N4/c1-6-7-8-9-11(4)16-14-12(15)13(10(2)3)17-18(14)5/h10-11,16H,6-9,15H2,1-5H3. The van der Waals surface area contributed by atoms with Gasteiger partial charge in [-0.1, -0.05) is 40.0 Å². The molecule has 0 aromatic carbocycles. The molecule has 0 amide bonds. The molecule has 1 atom stereocenters. The zero-order valence-electron chi connectivity index (χ0n) is 12.5. The van der Waals surface area contributed by atoms with Crippen LogP contribution < -0.4 is 11.1 Å². The molecule has 0 spiro atoms. The molecule has 0 aliphatic carbocycles.